The van der Waals surface area contributed by atoms with Crippen LogP contribution in [0.5, 0.6) is 0 Å². The molecule has 2 aromatic rings. The molecule has 0 saturated carbocycles. The lowest BCUT2D eigenvalue weighted by atomic mass is 10.1. The van der Waals surface area contributed by atoms with Gasteiger partial charge in [-0.05, 0) is 23.9 Å². The van der Waals surface area contributed by atoms with Gasteiger partial charge in [-0.25, -0.2) is 0 Å². The summed E-state index contributed by atoms with van der Waals surface area (Å²) in [6.45, 7) is 1.96. The molecule has 2 atom stereocenters. The number of amides is 1. The monoisotopic (exact) mass is 275 g/mol. The van der Waals surface area contributed by atoms with E-state index >= 15 is 0 Å². The number of hydrogen-bond donors (Lipinski definition) is 1. The Hall–Kier alpha value is -1.65. The average Bonchev–Trinajstić information content (AvgIpc) is 2.99. The van der Waals surface area contributed by atoms with E-state index in [-0.39, 0.29) is 11.9 Å². The zero-order valence-electron chi connectivity index (χ0n) is 11.0. The Labute approximate surface area is 117 Å². The van der Waals surface area contributed by atoms with Gasteiger partial charge in [-0.1, -0.05) is 36.4 Å². The van der Waals surface area contributed by atoms with E-state index in [0.717, 1.165) is 4.88 Å². The number of nitrogens with zero attached hydrogens (tertiary/aromatic N) is 1. The van der Waals surface area contributed by atoms with Crippen molar-refractivity contribution in [3.8, 4) is 0 Å². The zero-order valence-corrected chi connectivity index (χ0v) is 11.8. The third-order valence-corrected chi connectivity index (χ3v) is 4.28. The van der Waals surface area contributed by atoms with Gasteiger partial charge in [0, 0.05) is 11.9 Å². The molecule has 0 bridgehead atoms. The van der Waals surface area contributed by atoms with Crippen LogP contribution in [0.3, 0.4) is 0 Å². The largest absolute Gasteiger partial charge is 0.378 e. The molecule has 100 valence electrons. The average molecular weight is 275 g/mol. The molecule has 1 amide bonds. The maximum atomic E-state index is 12.3. The van der Waals surface area contributed by atoms with E-state index in [1.807, 2.05) is 42.6 Å². The van der Waals surface area contributed by atoms with Crippen molar-refractivity contribution in [1.82, 2.24) is 4.90 Å². The van der Waals surface area contributed by atoms with E-state index in [9.17, 15) is 9.90 Å². The molecule has 0 aliphatic carbocycles. The van der Waals surface area contributed by atoms with Gasteiger partial charge in [0.25, 0.3) is 5.91 Å². The van der Waals surface area contributed by atoms with Crippen LogP contribution in [-0.2, 0) is 4.79 Å². The molecule has 2 unspecified atom stereocenters. The first-order chi connectivity index (χ1) is 9.11. The number of aliphatic hydroxyl groups excluding tert-OH is 1. The minimum atomic E-state index is -1.10. The van der Waals surface area contributed by atoms with Crippen molar-refractivity contribution in [3.05, 3.63) is 58.3 Å². The van der Waals surface area contributed by atoms with Gasteiger partial charge in [0.05, 0.1) is 6.04 Å². The first kappa shape index (κ1) is 13.8. The summed E-state index contributed by atoms with van der Waals surface area (Å²) in [5.74, 6) is -0.285. The van der Waals surface area contributed by atoms with Crippen LogP contribution in [-0.4, -0.2) is 23.0 Å². The van der Waals surface area contributed by atoms with Crippen molar-refractivity contribution in [3.63, 3.8) is 0 Å². The van der Waals surface area contributed by atoms with E-state index in [1.54, 1.807) is 35.4 Å². The van der Waals surface area contributed by atoms with Gasteiger partial charge < -0.3 is 10.0 Å². The Morgan fingerprint density at radius 2 is 1.89 bits per heavy atom. The molecule has 0 radical (unpaired) electrons. The Bertz CT molecular complexity index is 524. The van der Waals surface area contributed by atoms with Crippen LogP contribution in [0.4, 0.5) is 0 Å². The van der Waals surface area contributed by atoms with Crippen LogP contribution >= 0.6 is 11.3 Å². The van der Waals surface area contributed by atoms with Crippen LogP contribution in [0.2, 0.25) is 0 Å². The lowest BCUT2D eigenvalue weighted by molar-refractivity contribution is -0.141. The van der Waals surface area contributed by atoms with Gasteiger partial charge >= 0.3 is 0 Å². The zero-order chi connectivity index (χ0) is 13.8. The van der Waals surface area contributed by atoms with E-state index in [4.69, 9.17) is 0 Å². The molecule has 1 N–H and O–H groups in total. The number of likely N-dealkylation sites (N-methyl/N-ethyl adjacent to an activating group) is 1. The van der Waals surface area contributed by atoms with Crippen molar-refractivity contribution in [2.24, 2.45) is 0 Å². The molecule has 0 spiro atoms. The Morgan fingerprint density at radius 1 is 1.21 bits per heavy atom. The predicted molar refractivity (Wildman–Crippen MR) is 76.9 cm³/mol. The first-order valence-corrected chi connectivity index (χ1v) is 7.02. The van der Waals surface area contributed by atoms with Crippen LogP contribution in [0.25, 0.3) is 0 Å². The fourth-order valence-electron chi connectivity index (χ4n) is 1.88. The van der Waals surface area contributed by atoms with Crippen molar-refractivity contribution < 1.29 is 9.90 Å². The Morgan fingerprint density at radius 3 is 2.47 bits per heavy atom. The van der Waals surface area contributed by atoms with Gasteiger partial charge in [-0.15, -0.1) is 11.3 Å². The summed E-state index contributed by atoms with van der Waals surface area (Å²) in [6.07, 6.45) is -1.10. The highest BCUT2D eigenvalue weighted by atomic mass is 32.1. The third kappa shape index (κ3) is 3.03. The molecule has 4 heteroatoms. The molecular formula is C15H17NO2S. The SMILES string of the molecule is CC(c1cccs1)N(C)C(=O)C(O)c1ccccc1. The fourth-order valence-corrected chi connectivity index (χ4v) is 2.71. The molecule has 0 fully saturated rings. The summed E-state index contributed by atoms with van der Waals surface area (Å²) in [6, 6.07) is 12.9. The summed E-state index contributed by atoms with van der Waals surface area (Å²) in [5.41, 5.74) is 0.623. The van der Waals surface area contributed by atoms with Gasteiger partial charge in [0.1, 0.15) is 0 Å². The van der Waals surface area contributed by atoms with E-state index < -0.39 is 6.10 Å². The van der Waals surface area contributed by atoms with E-state index in [1.165, 1.54) is 0 Å². The molecule has 2 rings (SSSR count). The number of thiophene rings is 1. The molecular weight excluding hydrogens is 258 g/mol. The number of aliphatic hydroxyl groups is 1. The van der Waals surface area contributed by atoms with Gasteiger partial charge in [0.15, 0.2) is 6.10 Å². The minimum Gasteiger partial charge on any atom is -0.378 e. The molecule has 0 aliphatic rings. The molecule has 3 nitrogen and oxygen atoms in total. The predicted octanol–water partition coefficient (Wildman–Crippen LogP) is 3.00. The normalized spacial score (nSPS) is 13.8. The van der Waals surface area contributed by atoms with Crippen LogP contribution in [0.15, 0.2) is 47.8 Å². The second kappa shape index (κ2) is 5.99. The molecule has 1 heterocycles. The van der Waals surface area contributed by atoms with Crippen LogP contribution in [0.1, 0.15) is 29.5 Å². The van der Waals surface area contributed by atoms with Gasteiger partial charge in [-0.3, -0.25) is 4.79 Å². The van der Waals surface area contributed by atoms with Crippen LogP contribution < -0.4 is 0 Å². The quantitative estimate of drug-likeness (QED) is 0.932. The standard InChI is InChI=1S/C15H17NO2S/c1-11(13-9-6-10-19-13)16(2)15(18)14(17)12-7-4-3-5-8-12/h3-11,14,17H,1-2H3. The first-order valence-electron chi connectivity index (χ1n) is 6.14. The minimum absolute atomic E-state index is 0.0362. The molecule has 19 heavy (non-hydrogen) atoms. The lowest BCUT2D eigenvalue weighted by Gasteiger charge is -2.26. The topological polar surface area (TPSA) is 40.5 Å². The number of carbonyl (C=O) groups excluding carboxylic acids is 1. The smallest absolute Gasteiger partial charge is 0.256 e. The molecule has 1 aromatic carbocycles. The maximum absolute atomic E-state index is 12.3. The lowest BCUT2D eigenvalue weighted by Crippen LogP contribution is -2.33. The number of rotatable bonds is 4. The van der Waals surface area contributed by atoms with Crippen molar-refractivity contribution in [2.45, 2.75) is 19.1 Å². The second-order valence-corrected chi connectivity index (χ2v) is 5.43. The summed E-state index contributed by atoms with van der Waals surface area (Å²) < 4.78 is 0. The Kier molecular flexibility index (Phi) is 4.35. The number of benzene rings is 1. The van der Waals surface area contributed by atoms with Gasteiger partial charge in [0.2, 0.25) is 0 Å². The number of hydrogen-bond acceptors (Lipinski definition) is 3. The summed E-state index contributed by atoms with van der Waals surface area (Å²) in [5, 5.41) is 12.1. The summed E-state index contributed by atoms with van der Waals surface area (Å²) in [4.78, 5) is 15.0. The summed E-state index contributed by atoms with van der Waals surface area (Å²) >= 11 is 1.61. The highest BCUT2D eigenvalue weighted by molar-refractivity contribution is 7.10. The van der Waals surface area contributed by atoms with Crippen molar-refractivity contribution in [2.75, 3.05) is 7.05 Å². The second-order valence-electron chi connectivity index (χ2n) is 4.45. The maximum Gasteiger partial charge on any atom is 0.256 e. The van der Waals surface area contributed by atoms with E-state index in [2.05, 4.69) is 0 Å². The fraction of sp³-hybridized carbons (Fsp3) is 0.267. The number of carbonyl (C=O) groups is 1. The molecule has 0 aliphatic heterocycles. The van der Waals surface area contributed by atoms with E-state index in [0.29, 0.717) is 5.56 Å². The molecule has 0 saturated heterocycles. The highest BCUT2D eigenvalue weighted by Gasteiger charge is 2.25. The highest BCUT2D eigenvalue weighted by Crippen LogP contribution is 2.26. The molecule has 1 aromatic heterocycles. The summed E-state index contributed by atoms with van der Waals surface area (Å²) in [7, 11) is 1.72. The third-order valence-electron chi connectivity index (χ3n) is 3.23. The van der Waals surface area contributed by atoms with Crippen LogP contribution in [0, 0.1) is 0 Å². The van der Waals surface area contributed by atoms with Crippen molar-refractivity contribution in [1.29, 1.82) is 0 Å². The Balaban J connectivity index is 2.11. The van der Waals surface area contributed by atoms with Crippen molar-refractivity contribution >= 4 is 17.2 Å². The van der Waals surface area contributed by atoms with Gasteiger partial charge in [-0.2, -0.15) is 0 Å².